The van der Waals surface area contributed by atoms with Gasteiger partial charge in [0.1, 0.15) is 4.34 Å². The molecule has 0 bridgehead atoms. The molecule has 0 radical (unpaired) electrons. The lowest BCUT2D eigenvalue weighted by Crippen LogP contribution is -2.34. The van der Waals surface area contributed by atoms with Gasteiger partial charge < -0.3 is 5.32 Å². The number of aromatic nitrogens is 1. The molecule has 1 N–H and O–H groups in total. The number of carbonyl (C=O) groups excluding carboxylic acids is 1. The molecule has 0 saturated heterocycles. The maximum atomic E-state index is 12.7. The van der Waals surface area contributed by atoms with Crippen molar-refractivity contribution < 1.29 is 4.79 Å². The van der Waals surface area contributed by atoms with Gasteiger partial charge in [-0.05, 0) is 31.4 Å². The minimum atomic E-state index is 0.0772. The Morgan fingerprint density at radius 2 is 2.00 bits per heavy atom. The van der Waals surface area contributed by atoms with Gasteiger partial charge in [0.2, 0.25) is 0 Å². The van der Waals surface area contributed by atoms with Crippen molar-refractivity contribution >= 4 is 29.0 Å². The molecule has 1 amide bonds. The zero-order chi connectivity index (χ0) is 16.8. The Balaban J connectivity index is 1.65. The van der Waals surface area contributed by atoms with Crippen molar-refractivity contribution in [3.63, 3.8) is 0 Å². The standard InChI is InChI=1S/C19H24N2OS2/c1-14-12-23-19(20-14)24-13-15-8-6-7-11-17(15)18(22)21-16-9-4-2-3-5-10-16/h6-8,11-12,16H,2-5,9-10,13H2,1H3,(H,21,22). The van der Waals surface area contributed by atoms with Crippen molar-refractivity contribution in [2.75, 3.05) is 0 Å². The molecule has 0 aliphatic heterocycles. The molecule has 1 aromatic heterocycles. The Hall–Kier alpha value is -1.33. The van der Waals surface area contributed by atoms with E-state index in [0.29, 0.717) is 6.04 Å². The van der Waals surface area contributed by atoms with E-state index >= 15 is 0 Å². The van der Waals surface area contributed by atoms with Crippen LogP contribution in [-0.4, -0.2) is 16.9 Å². The fraction of sp³-hybridized carbons (Fsp3) is 0.474. The Morgan fingerprint density at radius 1 is 1.25 bits per heavy atom. The predicted octanol–water partition coefficient (Wildman–Crippen LogP) is 5.20. The van der Waals surface area contributed by atoms with Crippen LogP contribution in [0.1, 0.15) is 60.1 Å². The van der Waals surface area contributed by atoms with Gasteiger partial charge >= 0.3 is 0 Å². The fourth-order valence-corrected chi connectivity index (χ4v) is 4.95. The number of rotatable bonds is 5. The highest BCUT2D eigenvalue weighted by atomic mass is 32.2. The topological polar surface area (TPSA) is 42.0 Å². The predicted molar refractivity (Wildman–Crippen MR) is 102 cm³/mol. The Bertz CT molecular complexity index is 676. The van der Waals surface area contributed by atoms with Crippen LogP contribution >= 0.6 is 23.1 Å². The highest BCUT2D eigenvalue weighted by Gasteiger charge is 2.17. The molecule has 0 unspecified atom stereocenters. The third-order valence-electron chi connectivity index (χ3n) is 4.40. The summed E-state index contributed by atoms with van der Waals surface area (Å²) in [6, 6.07) is 8.28. The maximum absolute atomic E-state index is 12.7. The number of nitrogens with zero attached hydrogens (tertiary/aromatic N) is 1. The second-order valence-corrected chi connectivity index (χ2v) is 8.44. The normalized spacial score (nSPS) is 15.9. The molecule has 2 aromatic rings. The van der Waals surface area contributed by atoms with E-state index < -0.39 is 0 Å². The van der Waals surface area contributed by atoms with Crippen LogP contribution < -0.4 is 5.32 Å². The fourth-order valence-electron chi connectivity index (χ4n) is 3.09. The molecule has 24 heavy (non-hydrogen) atoms. The number of nitrogens with one attached hydrogen (secondary N) is 1. The van der Waals surface area contributed by atoms with Crippen molar-refractivity contribution in [3.8, 4) is 0 Å². The van der Waals surface area contributed by atoms with E-state index in [2.05, 4.69) is 21.7 Å². The smallest absolute Gasteiger partial charge is 0.251 e. The molecule has 1 aliphatic rings. The van der Waals surface area contributed by atoms with E-state index in [1.807, 2.05) is 25.1 Å². The lowest BCUT2D eigenvalue weighted by atomic mass is 10.1. The van der Waals surface area contributed by atoms with Gasteiger partial charge in [-0.2, -0.15) is 0 Å². The Labute approximate surface area is 152 Å². The minimum absolute atomic E-state index is 0.0772. The maximum Gasteiger partial charge on any atom is 0.251 e. The number of thioether (sulfide) groups is 1. The van der Waals surface area contributed by atoms with Crippen LogP contribution in [0.3, 0.4) is 0 Å². The average Bonchev–Trinajstić information content (AvgIpc) is 2.84. The van der Waals surface area contributed by atoms with Crippen LogP contribution in [-0.2, 0) is 5.75 Å². The number of hydrogen-bond donors (Lipinski definition) is 1. The van der Waals surface area contributed by atoms with Crippen molar-refractivity contribution in [1.82, 2.24) is 10.3 Å². The quantitative estimate of drug-likeness (QED) is 0.589. The van der Waals surface area contributed by atoms with E-state index in [4.69, 9.17) is 0 Å². The molecule has 1 saturated carbocycles. The second-order valence-electron chi connectivity index (χ2n) is 6.36. The molecule has 3 rings (SSSR count). The largest absolute Gasteiger partial charge is 0.349 e. The van der Waals surface area contributed by atoms with Crippen LogP contribution in [0.4, 0.5) is 0 Å². The summed E-state index contributed by atoms with van der Waals surface area (Å²) in [5.74, 6) is 0.856. The summed E-state index contributed by atoms with van der Waals surface area (Å²) >= 11 is 3.37. The summed E-state index contributed by atoms with van der Waals surface area (Å²) in [5, 5.41) is 5.32. The number of amides is 1. The highest BCUT2D eigenvalue weighted by Crippen LogP contribution is 2.27. The summed E-state index contributed by atoms with van der Waals surface area (Å²) in [5.41, 5.74) is 2.95. The SMILES string of the molecule is Cc1csc(SCc2ccccc2C(=O)NC2CCCCCC2)n1. The van der Waals surface area contributed by atoms with E-state index in [1.165, 1.54) is 25.7 Å². The molecule has 128 valence electrons. The third-order valence-corrected chi connectivity index (χ3v) is 6.59. The number of hydrogen-bond acceptors (Lipinski definition) is 4. The van der Waals surface area contributed by atoms with Gasteiger partial charge in [-0.3, -0.25) is 4.79 Å². The molecular weight excluding hydrogens is 336 g/mol. The molecule has 1 aromatic carbocycles. The molecule has 5 heteroatoms. The monoisotopic (exact) mass is 360 g/mol. The molecule has 1 fully saturated rings. The van der Waals surface area contributed by atoms with Crippen LogP contribution in [0, 0.1) is 6.92 Å². The molecule has 1 heterocycles. The minimum Gasteiger partial charge on any atom is -0.349 e. The zero-order valence-electron chi connectivity index (χ0n) is 14.1. The van der Waals surface area contributed by atoms with E-state index in [1.54, 1.807) is 23.1 Å². The first kappa shape index (κ1) is 17.5. The molecular formula is C19H24N2OS2. The number of benzene rings is 1. The van der Waals surface area contributed by atoms with Crippen LogP contribution in [0.5, 0.6) is 0 Å². The van der Waals surface area contributed by atoms with Crippen molar-refractivity contribution in [1.29, 1.82) is 0 Å². The summed E-state index contributed by atoms with van der Waals surface area (Å²) in [7, 11) is 0. The molecule has 0 spiro atoms. The number of carbonyl (C=O) groups is 1. The summed E-state index contributed by atoms with van der Waals surface area (Å²) in [6.07, 6.45) is 7.28. The van der Waals surface area contributed by atoms with Gasteiger partial charge in [0.25, 0.3) is 5.91 Å². The first-order valence-electron chi connectivity index (χ1n) is 8.66. The van der Waals surface area contributed by atoms with Crippen molar-refractivity contribution in [2.24, 2.45) is 0 Å². The first-order valence-corrected chi connectivity index (χ1v) is 10.5. The third kappa shape index (κ3) is 4.84. The van der Waals surface area contributed by atoms with Crippen LogP contribution in [0.25, 0.3) is 0 Å². The summed E-state index contributed by atoms with van der Waals surface area (Å²) in [4.78, 5) is 17.2. The molecule has 0 atom stereocenters. The Kier molecular flexibility index (Phi) is 6.32. The van der Waals surface area contributed by atoms with Crippen molar-refractivity contribution in [2.45, 2.75) is 61.6 Å². The molecule has 3 nitrogen and oxygen atoms in total. The lowest BCUT2D eigenvalue weighted by molar-refractivity contribution is 0.0932. The van der Waals surface area contributed by atoms with Gasteiger partial charge in [-0.15, -0.1) is 11.3 Å². The highest BCUT2D eigenvalue weighted by molar-refractivity contribution is 8.00. The van der Waals surface area contributed by atoms with Gasteiger partial charge in [0.05, 0.1) is 0 Å². The van der Waals surface area contributed by atoms with Gasteiger partial charge in [0.15, 0.2) is 0 Å². The van der Waals surface area contributed by atoms with Gasteiger partial charge in [0, 0.05) is 28.4 Å². The lowest BCUT2D eigenvalue weighted by Gasteiger charge is -2.17. The number of aryl methyl sites for hydroxylation is 1. The van der Waals surface area contributed by atoms with E-state index in [0.717, 1.165) is 39.8 Å². The number of thiazole rings is 1. The van der Waals surface area contributed by atoms with Gasteiger partial charge in [-0.25, -0.2) is 4.98 Å². The van der Waals surface area contributed by atoms with E-state index in [-0.39, 0.29) is 5.91 Å². The Morgan fingerprint density at radius 3 is 2.71 bits per heavy atom. The van der Waals surface area contributed by atoms with Crippen LogP contribution in [0.2, 0.25) is 0 Å². The first-order chi connectivity index (χ1) is 11.7. The second kappa shape index (κ2) is 8.67. The van der Waals surface area contributed by atoms with Gasteiger partial charge in [-0.1, -0.05) is 55.6 Å². The van der Waals surface area contributed by atoms with Crippen molar-refractivity contribution in [3.05, 3.63) is 46.5 Å². The van der Waals surface area contributed by atoms with E-state index in [9.17, 15) is 4.79 Å². The average molecular weight is 361 g/mol. The molecule has 1 aliphatic carbocycles. The zero-order valence-corrected chi connectivity index (χ0v) is 15.7. The summed E-state index contributed by atoms with van der Waals surface area (Å²) < 4.78 is 1.06. The van der Waals surface area contributed by atoms with Crippen LogP contribution in [0.15, 0.2) is 34.0 Å². The summed E-state index contributed by atoms with van der Waals surface area (Å²) in [6.45, 7) is 2.01.